The summed E-state index contributed by atoms with van der Waals surface area (Å²) in [5.41, 5.74) is 2.00. The number of benzene rings is 2. The van der Waals surface area contributed by atoms with Crippen molar-refractivity contribution in [2.75, 3.05) is 14.2 Å². The third-order valence-corrected chi connectivity index (χ3v) is 6.37. The van der Waals surface area contributed by atoms with Crippen molar-refractivity contribution in [3.63, 3.8) is 0 Å². The molecule has 6 nitrogen and oxygen atoms in total. The Bertz CT molecular complexity index is 1040. The quantitative estimate of drug-likeness (QED) is 0.814. The molecule has 3 atom stereocenters. The molecule has 1 aliphatic carbocycles. The van der Waals surface area contributed by atoms with E-state index >= 15 is 0 Å². The lowest BCUT2D eigenvalue weighted by Gasteiger charge is -2.34. The first kappa shape index (κ1) is 20.3. The second-order valence-corrected chi connectivity index (χ2v) is 9.09. The van der Waals surface area contributed by atoms with Gasteiger partial charge in [0.05, 0.1) is 25.8 Å². The van der Waals surface area contributed by atoms with Gasteiger partial charge in [0.15, 0.2) is 0 Å². The van der Waals surface area contributed by atoms with Gasteiger partial charge >= 0.3 is 0 Å². The molecule has 2 aromatic carbocycles. The first-order valence-electron chi connectivity index (χ1n) is 10.1. The third-order valence-electron chi connectivity index (χ3n) is 6.37. The summed E-state index contributed by atoms with van der Waals surface area (Å²) in [5, 5.41) is 6.47. The number of rotatable bonds is 3. The molecule has 2 aliphatic rings. The predicted molar refractivity (Wildman–Crippen MR) is 114 cm³/mol. The maximum absolute atomic E-state index is 12.9. The lowest BCUT2D eigenvalue weighted by atomic mass is 9.78. The zero-order valence-corrected chi connectivity index (χ0v) is 18.3. The molecule has 158 valence electrons. The Morgan fingerprint density at radius 2 is 1.80 bits per heavy atom. The van der Waals surface area contributed by atoms with E-state index in [0.29, 0.717) is 17.1 Å². The second kappa shape index (κ2) is 6.76. The normalized spacial score (nSPS) is 24.3. The molecule has 0 saturated heterocycles. The smallest absolute Gasteiger partial charge is 0.252 e. The fraction of sp³-hybridized carbons (Fsp3) is 0.417. The number of nitrogens with one attached hydrogen (secondary N) is 2. The number of ether oxygens (including phenoxy) is 2. The van der Waals surface area contributed by atoms with Gasteiger partial charge in [0, 0.05) is 28.5 Å². The fourth-order valence-electron chi connectivity index (χ4n) is 4.75. The molecule has 0 fully saturated rings. The van der Waals surface area contributed by atoms with Crippen molar-refractivity contribution in [2.24, 2.45) is 11.3 Å². The summed E-state index contributed by atoms with van der Waals surface area (Å²) in [4.78, 5) is 25.9. The van der Waals surface area contributed by atoms with Crippen LogP contribution in [-0.4, -0.2) is 26.0 Å². The van der Waals surface area contributed by atoms with Crippen LogP contribution in [0.5, 0.6) is 11.5 Å². The van der Waals surface area contributed by atoms with Crippen LogP contribution in [0.1, 0.15) is 60.8 Å². The minimum atomic E-state index is -0.777. The molecule has 0 saturated carbocycles. The van der Waals surface area contributed by atoms with Gasteiger partial charge in [-0.05, 0) is 23.3 Å². The largest absolute Gasteiger partial charge is 0.497 e. The molecule has 4 rings (SSSR count). The van der Waals surface area contributed by atoms with Crippen LogP contribution < -0.4 is 20.1 Å². The van der Waals surface area contributed by atoms with Crippen LogP contribution in [-0.2, 0) is 10.3 Å². The molecular formula is C24H28N2O4. The summed E-state index contributed by atoms with van der Waals surface area (Å²) in [6, 6.07) is 11.1. The number of carbonyl (C=O) groups excluding carboxylic acids is 2. The van der Waals surface area contributed by atoms with Gasteiger partial charge < -0.3 is 20.1 Å². The minimum Gasteiger partial charge on any atom is -0.497 e. The number of methoxy groups -OCH3 is 2. The maximum atomic E-state index is 12.9. The monoisotopic (exact) mass is 408 g/mol. The molecule has 2 aromatic rings. The average molecular weight is 408 g/mol. The van der Waals surface area contributed by atoms with Gasteiger partial charge in [-0.25, -0.2) is 0 Å². The Balaban J connectivity index is 1.98. The van der Waals surface area contributed by atoms with Gasteiger partial charge in [-0.3, -0.25) is 9.59 Å². The molecule has 0 aromatic heterocycles. The minimum absolute atomic E-state index is 0.0576. The van der Waals surface area contributed by atoms with E-state index in [-0.39, 0.29) is 23.8 Å². The lowest BCUT2D eigenvalue weighted by Crippen LogP contribution is -2.47. The molecule has 1 heterocycles. The highest BCUT2D eigenvalue weighted by molar-refractivity contribution is 6.01. The zero-order valence-electron chi connectivity index (χ0n) is 18.3. The summed E-state index contributed by atoms with van der Waals surface area (Å²) >= 11 is 0. The number of hydrogen-bond donors (Lipinski definition) is 2. The molecule has 0 radical (unpaired) electrons. The summed E-state index contributed by atoms with van der Waals surface area (Å²) in [5.74, 6) is 0.947. The van der Waals surface area contributed by atoms with Gasteiger partial charge in [0.1, 0.15) is 11.5 Å². The van der Waals surface area contributed by atoms with E-state index in [0.717, 1.165) is 16.7 Å². The van der Waals surface area contributed by atoms with Crippen LogP contribution in [0.2, 0.25) is 0 Å². The summed E-state index contributed by atoms with van der Waals surface area (Å²) in [6.07, 6.45) is 0. The molecule has 0 unspecified atom stereocenters. The van der Waals surface area contributed by atoms with Crippen LogP contribution in [0.25, 0.3) is 0 Å². The van der Waals surface area contributed by atoms with E-state index in [2.05, 4.69) is 17.6 Å². The second-order valence-electron chi connectivity index (χ2n) is 9.09. The first-order chi connectivity index (χ1) is 14.1. The van der Waals surface area contributed by atoms with E-state index < -0.39 is 11.0 Å². The van der Waals surface area contributed by atoms with Crippen molar-refractivity contribution in [2.45, 2.75) is 39.3 Å². The van der Waals surface area contributed by atoms with Crippen molar-refractivity contribution in [3.8, 4) is 11.5 Å². The van der Waals surface area contributed by atoms with Crippen molar-refractivity contribution >= 4 is 11.8 Å². The van der Waals surface area contributed by atoms with Gasteiger partial charge in [-0.15, -0.1) is 0 Å². The number of amides is 2. The number of carbonyl (C=O) groups is 2. The molecule has 30 heavy (non-hydrogen) atoms. The summed E-state index contributed by atoms with van der Waals surface area (Å²) in [7, 11) is 3.21. The van der Waals surface area contributed by atoms with Crippen LogP contribution in [0.4, 0.5) is 0 Å². The van der Waals surface area contributed by atoms with Crippen LogP contribution in [0, 0.1) is 11.3 Å². The maximum Gasteiger partial charge on any atom is 0.252 e. The Hall–Kier alpha value is -3.02. The highest BCUT2D eigenvalue weighted by atomic mass is 16.5. The Kier molecular flexibility index (Phi) is 4.56. The molecular weight excluding hydrogens is 380 g/mol. The van der Waals surface area contributed by atoms with Crippen molar-refractivity contribution < 1.29 is 19.1 Å². The van der Waals surface area contributed by atoms with Gasteiger partial charge in [-0.2, -0.15) is 0 Å². The molecule has 2 N–H and O–H groups in total. The van der Waals surface area contributed by atoms with E-state index in [1.165, 1.54) is 0 Å². The van der Waals surface area contributed by atoms with Gasteiger partial charge in [-0.1, -0.05) is 45.9 Å². The highest BCUT2D eigenvalue weighted by Crippen LogP contribution is 2.57. The van der Waals surface area contributed by atoms with Crippen LogP contribution in [0.15, 0.2) is 36.4 Å². The summed E-state index contributed by atoms with van der Waals surface area (Å²) < 4.78 is 11.2. The van der Waals surface area contributed by atoms with E-state index in [1.807, 2.05) is 57.2 Å². The van der Waals surface area contributed by atoms with Crippen molar-refractivity contribution in [3.05, 3.63) is 58.7 Å². The SMILES string of the molecule is COc1cc(OC)c2c(c1)[C@]1(NC(=O)c3ccccc31)[C@H](C)[C@H]2NC(=O)C(C)(C)C. The Morgan fingerprint density at radius 3 is 2.43 bits per heavy atom. The van der Waals surface area contributed by atoms with Gasteiger partial charge in [0.2, 0.25) is 5.91 Å². The average Bonchev–Trinajstić information content (AvgIpc) is 3.14. The Labute approximate surface area is 177 Å². The van der Waals surface area contributed by atoms with Crippen LogP contribution >= 0.6 is 0 Å². The molecule has 2 amide bonds. The Morgan fingerprint density at radius 1 is 1.10 bits per heavy atom. The predicted octanol–water partition coefficient (Wildman–Crippen LogP) is 3.54. The summed E-state index contributed by atoms with van der Waals surface area (Å²) in [6.45, 7) is 7.71. The van der Waals surface area contributed by atoms with Gasteiger partial charge in [0.25, 0.3) is 5.91 Å². The van der Waals surface area contributed by atoms with Crippen molar-refractivity contribution in [1.29, 1.82) is 0 Å². The van der Waals surface area contributed by atoms with E-state index in [4.69, 9.17) is 9.47 Å². The zero-order chi connectivity index (χ0) is 21.8. The molecule has 6 heteroatoms. The standard InChI is InChI=1S/C24H28N2O4/c1-13-20(25-22(28)23(2,3)4)19-17(11-14(29-5)12-18(19)30-6)24(13)16-10-8-7-9-15(16)21(27)26-24/h7-13,20H,1-6H3,(H,25,28)(H,26,27)/t13-,20-,24+/m1/s1. The highest BCUT2D eigenvalue weighted by Gasteiger charge is 2.58. The first-order valence-corrected chi connectivity index (χ1v) is 10.1. The third kappa shape index (κ3) is 2.70. The molecule has 1 spiro atoms. The van der Waals surface area contributed by atoms with E-state index in [9.17, 15) is 9.59 Å². The number of hydrogen-bond acceptors (Lipinski definition) is 4. The van der Waals surface area contributed by atoms with E-state index in [1.54, 1.807) is 14.2 Å². The number of fused-ring (bicyclic) bond motifs is 4. The lowest BCUT2D eigenvalue weighted by molar-refractivity contribution is -0.129. The molecule has 0 bridgehead atoms. The van der Waals surface area contributed by atoms with Crippen LogP contribution in [0.3, 0.4) is 0 Å². The topological polar surface area (TPSA) is 76.7 Å². The fourth-order valence-corrected chi connectivity index (χ4v) is 4.75. The van der Waals surface area contributed by atoms with Crippen molar-refractivity contribution in [1.82, 2.24) is 10.6 Å². The molecule has 1 aliphatic heterocycles.